The van der Waals surface area contributed by atoms with Crippen LogP contribution >= 0.6 is 11.6 Å². The average Bonchev–Trinajstić information content (AvgIpc) is 3.42. The Hall–Kier alpha value is -2.08. The zero-order valence-electron chi connectivity index (χ0n) is 16.0. The summed E-state index contributed by atoms with van der Waals surface area (Å²) in [6.07, 6.45) is 5.34. The molecule has 1 aliphatic carbocycles. The van der Waals surface area contributed by atoms with Gasteiger partial charge < -0.3 is 15.1 Å². The van der Waals surface area contributed by atoms with E-state index in [4.69, 9.17) is 11.6 Å². The van der Waals surface area contributed by atoms with Crippen LogP contribution in [0.4, 0.5) is 5.69 Å². The van der Waals surface area contributed by atoms with Gasteiger partial charge in [0.15, 0.2) is 0 Å². The Labute approximate surface area is 170 Å². The van der Waals surface area contributed by atoms with Gasteiger partial charge in [0.25, 0.3) is 5.91 Å². The molecule has 3 aliphatic rings. The topological polar surface area (TPSA) is 69.7 Å². The van der Waals surface area contributed by atoms with Gasteiger partial charge >= 0.3 is 0 Å². The maximum absolute atomic E-state index is 12.8. The van der Waals surface area contributed by atoms with Gasteiger partial charge in [0.1, 0.15) is 0 Å². The second-order valence-electron chi connectivity index (χ2n) is 8.05. The maximum Gasteiger partial charge on any atom is 0.256 e. The minimum absolute atomic E-state index is 0.0832. The Morgan fingerprint density at radius 1 is 0.893 bits per heavy atom. The first-order valence-electron chi connectivity index (χ1n) is 10.2. The van der Waals surface area contributed by atoms with Gasteiger partial charge in [-0.2, -0.15) is 0 Å². The van der Waals surface area contributed by atoms with Crippen LogP contribution in [0, 0.1) is 11.8 Å². The summed E-state index contributed by atoms with van der Waals surface area (Å²) < 4.78 is 0. The van der Waals surface area contributed by atoms with Crippen molar-refractivity contribution in [1.82, 2.24) is 9.80 Å². The van der Waals surface area contributed by atoms with Gasteiger partial charge in [-0.25, -0.2) is 0 Å². The van der Waals surface area contributed by atoms with Crippen LogP contribution in [0.5, 0.6) is 0 Å². The molecule has 1 N–H and O–H groups in total. The Morgan fingerprint density at radius 3 is 2.21 bits per heavy atom. The third-order valence-electron chi connectivity index (χ3n) is 5.97. The van der Waals surface area contributed by atoms with E-state index in [1.165, 1.54) is 0 Å². The Bertz CT molecular complexity index is 779. The number of benzene rings is 1. The molecule has 7 heteroatoms. The normalized spacial score (nSPS) is 20.3. The number of amides is 3. The summed E-state index contributed by atoms with van der Waals surface area (Å²) in [5.74, 6) is 0.152. The summed E-state index contributed by atoms with van der Waals surface area (Å²) >= 11 is 6.11. The third-order valence-corrected chi connectivity index (χ3v) is 6.20. The van der Waals surface area contributed by atoms with Gasteiger partial charge in [-0.15, -0.1) is 0 Å². The average molecular weight is 404 g/mol. The van der Waals surface area contributed by atoms with Crippen molar-refractivity contribution in [2.24, 2.45) is 11.8 Å². The first-order chi connectivity index (χ1) is 13.5. The smallest absolute Gasteiger partial charge is 0.256 e. The number of hydrogen-bond acceptors (Lipinski definition) is 3. The van der Waals surface area contributed by atoms with Gasteiger partial charge in [0.05, 0.1) is 11.3 Å². The van der Waals surface area contributed by atoms with Crippen LogP contribution < -0.4 is 5.32 Å². The van der Waals surface area contributed by atoms with Crippen LogP contribution in [-0.2, 0) is 9.59 Å². The fraction of sp³-hybridized carbons (Fsp3) is 0.571. The number of likely N-dealkylation sites (tertiary alicyclic amines) is 2. The highest BCUT2D eigenvalue weighted by atomic mass is 35.5. The van der Waals surface area contributed by atoms with Gasteiger partial charge in [-0.3, -0.25) is 14.4 Å². The lowest BCUT2D eigenvalue weighted by atomic mass is 9.95. The molecular weight excluding hydrogens is 378 g/mol. The summed E-state index contributed by atoms with van der Waals surface area (Å²) in [6.45, 7) is 2.75. The molecule has 3 fully saturated rings. The fourth-order valence-electron chi connectivity index (χ4n) is 4.08. The Balaban J connectivity index is 1.40. The molecule has 0 aromatic heterocycles. The lowest BCUT2D eigenvalue weighted by Gasteiger charge is -2.31. The molecule has 2 saturated heterocycles. The van der Waals surface area contributed by atoms with Crippen molar-refractivity contribution in [3.63, 3.8) is 0 Å². The van der Waals surface area contributed by atoms with E-state index < -0.39 is 0 Å². The molecule has 0 radical (unpaired) electrons. The van der Waals surface area contributed by atoms with Crippen molar-refractivity contribution >= 4 is 35.0 Å². The standard InChI is InChI=1S/C21H26ClN3O3/c22-16-5-6-18(17(13-16)21(28)24-9-1-2-10-24)23-19(26)14-7-11-25(12-8-14)20(27)15-3-4-15/h5-6,13-15H,1-4,7-12H2,(H,23,26). The molecule has 1 aromatic carbocycles. The number of piperidine rings is 1. The number of hydrogen-bond donors (Lipinski definition) is 1. The van der Waals surface area contributed by atoms with Crippen molar-refractivity contribution in [3.05, 3.63) is 28.8 Å². The molecule has 1 aromatic rings. The molecule has 0 bridgehead atoms. The number of nitrogens with zero attached hydrogens (tertiary/aromatic N) is 2. The first kappa shape index (κ1) is 19.2. The summed E-state index contributed by atoms with van der Waals surface area (Å²) in [5, 5.41) is 3.42. The fourth-order valence-corrected chi connectivity index (χ4v) is 4.25. The largest absolute Gasteiger partial charge is 0.342 e. The highest BCUT2D eigenvalue weighted by Crippen LogP contribution is 2.33. The molecule has 1 saturated carbocycles. The van der Waals surface area contributed by atoms with Gasteiger partial charge in [0, 0.05) is 43.0 Å². The summed E-state index contributed by atoms with van der Waals surface area (Å²) in [5.41, 5.74) is 0.965. The van der Waals surface area contributed by atoms with E-state index >= 15 is 0 Å². The van der Waals surface area contributed by atoms with E-state index in [-0.39, 0.29) is 29.6 Å². The second kappa shape index (κ2) is 8.11. The second-order valence-corrected chi connectivity index (χ2v) is 8.49. The van der Waals surface area contributed by atoms with Crippen LogP contribution in [0.2, 0.25) is 5.02 Å². The van der Waals surface area contributed by atoms with E-state index in [0.717, 1.165) is 38.8 Å². The maximum atomic E-state index is 12.8. The number of rotatable bonds is 4. The lowest BCUT2D eigenvalue weighted by Crippen LogP contribution is -2.42. The third kappa shape index (κ3) is 4.17. The molecule has 0 unspecified atom stereocenters. The van der Waals surface area contributed by atoms with Crippen molar-refractivity contribution < 1.29 is 14.4 Å². The Kier molecular flexibility index (Phi) is 5.58. The summed E-state index contributed by atoms with van der Waals surface area (Å²) in [7, 11) is 0. The van der Waals surface area contributed by atoms with Crippen molar-refractivity contribution in [2.45, 2.75) is 38.5 Å². The minimum Gasteiger partial charge on any atom is -0.342 e. The predicted octanol–water partition coefficient (Wildman–Crippen LogP) is 3.16. The molecule has 3 amide bonds. The molecular formula is C21H26ClN3O3. The van der Waals surface area contributed by atoms with Gasteiger partial charge in [-0.05, 0) is 56.7 Å². The van der Waals surface area contributed by atoms with Crippen LogP contribution in [0.3, 0.4) is 0 Å². The minimum atomic E-state index is -0.145. The molecule has 2 aliphatic heterocycles. The van der Waals surface area contributed by atoms with Gasteiger partial charge in [-0.1, -0.05) is 11.6 Å². The number of carbonyl (C=O) groups is 3. The van der Waals surface area contributed by atoms with E-state index in [9.17, 15) is 14.4 Å². The van der Waals surface area contributed by atoms with Gasteiger partial charge in [0.2, 0.25) is 11.8 Å². The van der Waals surface area contributed by atoms with Crippen molar-refractivity contribution in [1.29, 1.82) is 0 Å². The van der Waals surface area contributed by atoms with E-state index in [1.807, 2.05) is 9.80 Å². The monoisotopic (exact) mass is 403 g/mol. The number of nitrogens with one attached hydrogen (secondary N) is 1. The highest BCUT2D eigenvalue weighted by molar-refractivity contribution is 6.31. The quantitative estimate of drug-likeness (QED) is 0.839. The van der Waals surface area contributed by atoms with Crippen LogP contribution in [0.25, 0.3) is 0 Å². The lowest BCUT2D eigenvalue weighted by molar-refractivity contribution is -0.135. The summed E-state index contributed by atoms with van der Waals surface area (Å²) in [6, 6.07) is 5.03. The zero-order valence-corrected chi connectivity index (χ0v) is 16.7. The summed E-state index contributed by atoms with van der Waals surface area (Å²) in [4.78, 5) is 41.5. The van der Waals surface area contributed by atoms with Crippen LogP contribution in [0.15, 0.2) is 18.2 Å². The van der Waals surface area contributed by atoms with E-state index in [1.54, 1.807) is 18.2 Å². The number of halogens is 1. The number of anilines is 1. The molecule has 0 atom stereocenters. The van der Waals surface area contributed by atoms with Crippen molar-refractivity contribution in [3.8, 4) is 0 Å². The molecule has 6 nitrogen and oxygen atoms in total. The SMILES string of the molecule is O=C(Nc1ccc(Cl)cc1C(=O)N1CCCC1)C1CCN(C(=O)C2CC2)CC1. The van der Waals surface area contributed by atoms with Crippen molar-refractivity contribution in [2.75, 3.05) is 31.5 Å². The first-order valence-corrected chi connectivity index (χ1v) is 10.6. The Morgan fingerprint density at radius 2 is 1.57 bits per heavy atom. The molecule has 2 heterocycles. The van der Waals surface area contributed by atoms with E-state index in [2.05, 4.69) is 5.32 Å². The number of carbonyl (C=O) groups excluding carboxylic acids is 3. The molecule has 150 valence electrons. The molecule has 4 rings (SSSR count). The predicted molar refractivity (Wildman–Crippen MR) is 107 cm³/mol. The highest BCUT2D eigenvalue weighted by Gasteiger charge is 2.36. The molecule has 28 heavy (non-hydrogen) atoms. The zero-order chi connectivity index (χ0) is 19.7. The van der Waals surface area contributed by atoms with E-state index in [0.29, 0.717) is 42.2 Å². The van der Waals surface area contributed by atoms with Crippen LogP contribution in [0.1, 0.15) is 48.9 Å². The molecule has 0 spiro atoms. The van der Waals surface area contributed by atoms with Crippen LogP contribution in [-0.4, -0.2) is 53.7 Å².